The van der Waals surface area contributed by atoms with Gasteiger partial charge in [-0.3, -0.25) is 4.99 Å². The zero-order valence-electron chi connectivity index (χ0n) is 12.8. The van der Waals surface area contributed by atoms with Crippen LogP contribution in [0.25, 0.3) is 11.0 Å². The largest absolute Gasteiger partial charge is 0.494 e. The summed E-state index contributed by atoms with van der Waals surface area (Å²) in [5, 5.41) is 0. The highest BCUT2D eigenvalue weighted by molar-refractivity contribution is 5.84. The molecule has 3 aromatic rings. The molecule has 0 aliphatic heterocycles. The summed E-state index contributed by atoms with van der Waals surface area (Å²) < 4.78 is 43.3. The van der Waals surface area contributed by atoms with Gasteiger partial charge in [0, 0.05) is 6.21 Å². The Kier molecular flexibility index (Phi) is 4.24. The molecule has 0 atom stereocenters. The average Bonchev–Trinajstić information content (AvgIpc) is 2.98. The molecule has 0 aliphatic rings. The van der Waals surface area contributed by atoms with Crippen molar-refractivity contribution in [2.45, 2.75) is 13.1 Å². The zero-order chi connectivity index (χ0) is 17.2. The number of benzene rings is 2. The molecule has 0 unspecified atom stereocenters. The van der Waals surface area contributed by atoms with Crippen molar-refractivity contribution in [1.29, 1.82) is 0 Å². The highest BCUT2D eigenvalue weighted by Crippen LogP contribution is 2.29. The smallest absolute Gasteiger partial charge is 0.449 e. The molecule has 0 aliphatic carbocycles. The number of imidazole rings is 1. The molecule has 7 heteroatoms. The summed E-state index contributed by atoms with van der Waals surface area (Å²) in [5.74, 6) is -0.238. The third-order valence-electron chi connectivity index (χ3n) is 3.29. The normalized spacial score (nSPS) is 12.2. The topological polar surface area (TPSA) is 50.3 Å². The maximum atomic E-state index is 12.6. The monoisotopic (exact) mass is 333 g/mol. The van der Waals surface area contributed by atoms with Gasteiger partial charge in [-0.2, -0.15) is 13.2 Å². The Labute approximate surface area is 136 Å². The van der Waals surface area contributed by atoms with Gasteiger partial charge >= 0.3 is 6.18 Å². The summed E-state index contributed by atoms with van der Waals surface area (Å²) in [6, 6.07) is 12.0. The Bertz CT molecular complexity index is 867. The van der Waals surface area contributed by atoms with E-state index in [1.165, 1.54) is 12.1 Å². The van der Waals surface area contributed by atoms with Gasteiger partial charge in [0.05, 0.1) is 23.3 Å². The molecule has 3 rings (SSSR count). The molecule has 1 N–H and O–H groups in total. The second-order valence-electron chi connectivity index (χ2n) is 5.04. The molecule has 4 nitrogen and oxygen atoms in total. The van der Waals surface area contributed by atoms with Crippen LogP contribution in [0.5, 0.6) is 5.75 Å². The lowest BCUT2D eigenvalue weighted by Crippen LogP contribution is -2.06. The summed E-state index contributed by atoms with van der Waals surface area (Å²) in [5.41, 5.74) is 1.94. The molecule has 0 bridgehead atoms. The number of halogens is 3. The molecule has 0 saturated carbocycles. The van der Waals surface area contributed by atoms with E-state index in [4.69, 9.17) is 4.74 Å². The molecule has 2 aromatic carbocycles. The number of nitrogens with zero attached hydrogens (tertiary/aromatic N) is 2. The van der Waals surface area contributed by atoms with Crippen molar-refractivity contribution in [1.82, 2.24) is 9.97 Å². The minimum absolute atomic E-state index is 0.252. The van der Waals surface area contributed by atoms with Crippen molar-refractivity contribution in [2.24, 2.45) is 4.99 Å². The molecule has 0 spiro atoms. The van der Waals surface area contributed by atoms with Crippen LogP contribution in [0.3, 0.4) is 0 Å². The van der Waals surface area contributed by atoms with Gasteiger partial charge in [-0.1, -0.05) is 0 Å². The van der Waals surface area contributed by atoms with Crippen LogP contribution in [0, 0.1) is 0 Å². The number of rotatable bonds is 4. The molecule has 1 aromatic heterocycles. The predicted octanol–water partition coefficient (Wildman–Crippen LogP) is 4.73. The van der Waals surface area contributed by atoms with Crippen molar-refractivity contribution in [2.75, 3.05) is 6.61 Å². The van der Waals surface area contributed by atoms with Crippen LogP contribution in [0.4, 0.5) is 18.9 Å². The Balaban J connectivity index is 1.81. The van der Waals surface area contributed by atoms with Gasteiger partial charge < -0.3 is 9.72 Å². The van der Waals surface area contributed by atoms with E-state index in [9.17, 15) is 13.2 Å². The van der Waals surface area contributed by atoms with Gasteiger partial charge in [-0.15, -0.1) is 0 Å². The lowest BCUT2D eigenvalue weighted by molar-refractivity contribution is -0.144. The Morgan fingerprint density at radius 1 is 1.17 bits per heavy atom. The fourth-order valence-electron chi connectivity index (χ4n) is 2.18. The number of hydrogen-bond acceptors (Lipinski definition) is 3. The van der Waals surface area contributed by atoms with Crippen LogP contribution in [0.15, 0.2) is 47.5 Å². The van der Waals surface area contributed by atoms with E-state index in [1.54, 1.807) is 12.3 Å². The molecule has 0 radical (unpaired) electrons. The lowest BCUT2D eigenvalue weighted by atomic mass is 10.2. The van der Waals surface area contributed by atoms with Gasteiger partial charge in [0.25, 0.3) is 0 Å². The number of alkyl halides is 3. The summed E-state index contributed by atoms with van der Waals surface area (Å²) in [6.07, 6.45) is -2.86. The minimum Gasteiger partial charge on any atom is -0.494 e. The van der Waals surface area contributed by atoms with Crippen LogP contribution < -0.4 is 4.74 Å². The number of fused-ring (bicyclic) bond motifs is 1. The van der Waals surface area contributed by atoms with E-state index in [1.807, 2.05) is 31.2 Å². The number of aliphatic imine (C=N–C) groups is 1. The van der Waals surface area contributed by atoms with Crippen molar-refractivity contribution in [3.63, 3.8) is 0 Å². The number of aromatic amines is 1. The van der Waals surface area contributed by atoms with Crippen molar-refractivity contribution >= 4 is 22.9 Å². The van der Waals surface area contributed by atoms with Gasteiger partial charge in [0.1, 0.15) is 5.75 Å². The predicted molar refractivity (Wildman–Crippen MR) is 86.0 cm³/mol. The highest BCUT2D eigenvalue weighted by atomic mass is 19.4. The van der Waals surface area contributed by atoms with E-state index in [-0.39, 0.29) is 5.52 Å². The first kappa shape index (κ1) is 16.0. The third kappa shape index (κ3) is 3.56. The highest BCUT2D eigenvalue weighted by Gasteiger charge is 2.34. The molecule has 1 heterocycles. The van der Waals surface area contributed by atoms with Gasteiger partial charge in [0.15, 0.2) is 0 Å². The molecular weight excluding hydrogens is 319 g/mol. The van der Waals surface area contributed by atoms with Crippen molar-refractivity contribution in [3.05, 3.63) is 53.9 Å². The SMILES string of the molecule is CCOc1ccc(C=Nc2ccc3nc(C(F)(F)F)[nH]c3c2)cc1. The van der Waals surface area contributed by atoms with Gasteiger partial charge in [0.2, 0.25) is 5.82 Å². The van der Waals surface area contributed by atoms with E-state index >= 15 is 0 Å². The van der Waals surface area contributed by atoms with E-state index < -0.39 is 12.0 Å². The van der Waals surface area contributed by atoms with Gasteiger partial charge in [-0.25, -0.2) is 4.98 Å². The minimum atomic E-state index is -4.50. The summed E-state index contributed by atoms with van der Waals surface area (Å²) in [4.78, 5) is 10.1. The first-order valence-electron chi connectivity index (χ1n) is 7.29. The van der Waals surface area contributed by atoms with Crippen LogP contribution in [0.1, 0.15) is 18.3 Å². The summed E-state index contributed by atoms with van der Waals surface area (Å²) >= 11 is 0. The quantitative estimate of drug-likeness (QED) is 0.702. The number of nitrogens with one attached hydrogen (secondary N) is 1. The fourth-order valence-corrected chi connectivity index (χ4v) is 2.18. The first-order chi connectivity index (χ1) is 11.5. The molecular formula is C17H14F3N3O. The average molecular weight is 333 g/mol. The number of H-pyrrole nitrogens is 1. The maximum absolute atomic E-state index is 12.6. The maximum Gasteiger partial charge on any atom is 0.449 e. The van der Waals surface area contributed by atoms with Crippen LogP contribution >= 0.6 is 0 Å². The van der Waals surface area contributed by atoms with Crippen LogP contribution in [-0.2, 0) is 6.18 Å². The first-order valence-corrected chi connectivity index (χ1v) is 7.29. The zero-order valence-corrected chi connectivity index (χ0v) is 12.8. The molecule has 0 amide bonds. The number of ether oxygens (including phenoxy) is 1. The third-order valence-corrected chi connectivity index (χ3v) is 3.29. The standard InChI is InChI=1S/C17H14F3N3O/c1-2-24-13-6-3-11(4-7-13)10-21-12-5-8-14-15(9-12)23-16(22-14)17(18,19)20/h3-10H,2H2,1H3,(H,22,23). The molecule has 24 heavy (non-hydrogen) atoms. The second kappa shape index (κ2) is 6.35. The molecule has 0 saturated heterocycles. The summed E-state index contributed by atoms with van der Waals surface area (Å²) in [7, 11) is 0. The number of hydrogen-bond donors (Lipinski definition) is 1. The molecule has 124 valence electrons. The van der Waals surface area contributed by atoms with E-state index in [0.29, 0.717) is 17.8 Å². The van der Waals surface area contributed by atoms with Crippen LogP contribution in [-0.4, -0.2) is 22.8 Å². The van der Waals surface area contributed by atoms with E-state index in [2.05, 4.69) is 15.0 Å². The lowest BCUT2D eigenvalue weighted by Gasteiger charge is -2.02. The Hall–Kier alpha value is -2.83. The molecule has 0 fully saturated rings. The number of aromatic nitrogens is 2. The van der Waals surface area contributed by atoms with Crippen molar-refractivity contribution in [3.8, 4) is 5.75 Å². The summed E-state index contributed by atoms with van der Waals surface area (Å²) in [6.45, 7) is 2.50. The van der Waals surface area contributed by atoms with Crippen molar-refractivity contribution < 1.29 is 17.9 Å². The van der Waals surface area contributed by atoms with E-state index in [0.717, 1.165) is 11.3 Å². The Morgan fingerprint density at radius 2 is 1.92 bits per heavy atom. The van der Waals surface area contributed by atoms with Gasteiger partial charge in [-0.05, 0) is 55.0 Å². The fraction of sp³-hybridized carbons (Fsp3) is 0.176. The Morgan fingerprint density at radius 3 is 2.58 bits per heavy atom. The second-order valence-corrected chi connectivity index (χ2v) is 5.04. The van der Waals surface area contributed by atoms with Crippen LogP contribution in [0.2, 0.25) is 0 Å².